The number of ether oxygens (including phenoxy) is 1. The monoisotopic (exact) mass is 329 g/mol. The van der Waals surface area contributed by atoms with E-state index in [1.807, 2.05) is 38.1 Å². The molecule has 1 atom stereocenters. The number of benzene rings is 2. The summed E-state index contributed by atoms with van der Waals surface area (Å²) in [6.45, 7) is 3.95. The first-order chi connectivity index (χ1) is 10.4. The quantitative estimate of drug-likeness (QED) is 0.813. The van der Waals surface area contributed by atoms with Crippen molar-refractivity contribution in [2.75, 3.05) is 0 Å². The lowest BCUT2D eigenvalue weighted by atomic mass is 9.70. The van der Waals surface area contributed by atoms with Crippen molar-refractivity contribution in [2.45, 2.75) is 31.4 Å². The van der Waals surface area contributed by atoms with Crippen molar-refractivity contribution in [1.82, 2.24) is 0 Å². The van der Waals surface area contributed by atoms with Crippen LogP contribution in [-0.2, 0) is 15.1 Å². The van der Waals surface area contributed by atoms with Gasteiger partial charge in [-0.15, -0.1) is 12.4 Å². The van der Waals surface area contributed by atoms with Gasteiger partial charge in [0.25, 0.3) is 0 Å². The Balaban J connectivity index is 0.00000156. The second-order valence-corrected chi connectivity index (χ2v) is 6.88. The van der Waals surface area contributed by atoms with Gasteiger partial charge >= 0.3 is 5.97 Å². The molecule has 1 saturated heterocycles. The minimum absolute atomic E-state index is 0. The average molecular weight is 330 g/mol. The molecule has 0 bridgehead atoms. The molecule has 1 spiro atoms. The molecule has 0 saturated carbocycles. The Labute approximate surface area is 142 Å². The molecule has 1 aliphatic heterocycles. The van der Waals surface area contributed by atoms with Crippen LogP contribution in [0.1, 0.15) is 31.4 Å². The van der Waals surface area contributed by atoms with Crippen molar-refractivity contribution >= 4 is 18.4 Å². The predicted molar refractivity (Wildman–Crippen MR) is 92.4 cm³/mol. The van der Waals surface area contributed by atoms with Gasteiger partial charge in [-0.05, 0) is 25.0 Å². The lowest BCUT2D eigenvalue weighted by molar-refractivity contribution is -0.147. The van der Waals surface area contributed by atoms with Gasteiger partial charge in [-0.3, -0.25) is 4.79 Å². The molecular formula is C19H20ClNO2. The van der Waals surface area contributed by atoms with Crippen LogP contribution in [0.4, 0.5) is 0 Å². The summed E-state index contributed by atoms with van der Waals surface area (Å²) in [6, 6.07) is 16.4. The van der Waals surface area contributed by atoms with Gasteiger partial charge in [0.05, 0.1) is 6.42 Å². The summed E-state index contributed by atoms with van der Waals surface area (Å²) in [6.07, 6.45) is 0.353. The molecule has 2 N–H and O–H groups in total. The maximum Gasteiger partial charge on any atom is 0.307 e. The second kappa shape index (κ2) is 5.08. The van der Waals surface area contributed by atoms with E-state index >= 15 is 0 Å². The fourth-order valence-electron chi connectivity index (χ4n) is 4.10. The van der Waals surface area contributed by atoms with E-state index in [4.69, 9.17) is 10.5 Å². The molecule has 1 aliphatic carbocycles. The number of rotatable bonds is 1. The number of nitrogens with two attached hydrogens (primary N) is 1. The molecule has 2 aliphatic rings. The van der Waals surface area contributed by atoms with E-state index in [2.05, 4.69) is 24.3 Å². The zero-order valence-electron chi connectivity index (χ0n) is 13.2. The van der Waals surface area contributed by atoms with E-state index in [0.717, 1.165) is 22.3 Å². The van der Waals surface area contributed by atoms with E-state index in [0.29, 0.717) is 6.42 Å². The van der Waals surface area contributed by atoms with Gasteiger partial charge in [-0.25, -0.2) is 0 Å². The number of carbonyl (C=O) groups is 1. The van der Waals surface area contributed by atoms with Gasteiger partial charge in [0.15, 0.2) is 5.60 Å². The van der Waals surface area contributed by atoms with Crippen LogP contribution in [0.2, 0.25) is 0 Å². The maximum absolute atomic E-state index is 12.2. The van der Waals surface area contributed by atoms with Crippen LogP contribution in [0.15, 0.2) is 48.5 Å². The molecule has 2 aromatic rings. The van der Waals surface area contributed by atoms with E-state index in [1.165, 1.54) is 0 Å². The summed E-state index contributed by atoms with van der Waals surface area (Å²) in [7, 11) is 0. The molecule has 0 radical (unpaired) electrons. The topological polar surface area (TPSA) is 52.3 Å². The molecule has 1 fully saturated rings. The molecule has 0 amide bonds. The van der Waals surface area contributed by atoms with Gasteiger partial charge in [-0.1, -0.05) is 48.5 Å². The summed E-state index contributed by atoms with van der Waals surface area (Å²) < 4.78 is 5.98. The highest BCUT2D eigenvalue weighted by molar-refractivity contribution is 5.86. The molecule has 23 heavy (non-hydrogen) atoms. The van der Waals surface area contributed by atoms with Crippen molar-refractivity contribution in [1.29, 1.82) is 0 Å². The largest absolute Gasteiger partial charge is 0.449 e. The Kier molecular flexibility index (Phi) is 3.54. The Morgan fingerprint density at radius 3 is 2.00 bits per heavy atom. The summed E-state index contributed by atoms with van der Waals surface area (Å²) in [5.74, 6) is -0.257. The lowest BCUT2D eigenvalue weighted by Crippen LogP contribution is -2.49. The number of halogens is 1. The third-order valence-electron chi connectivity index (χ3n) is 4.98. The number of fused-ring (bicyclic) bond motifs is 5. The zero-order valence-corrected chi connectivity index (χ0v) is 14.0. The molecule has 4 rings (SSSR count). The first kappa shape index (κ1) is 16.0. The molecule has 2 aromatic carbocycles. The number of carbonyl (C=O) groups excluding carboxylic acids is 1. The molecular weight excluding hydrogens is 310 g/mol. The molecule has 1 heterocycles. The summed E-state index contributed by atoms with van der Waals surface area (Å²) in [5.41, 5.74) is 9.58. The maximum atomic E-state index is 12.2. The minimum atomic E-state index is -0.748. The van der Waals surface area contributed by atoms with Gasteiger partial charge in [0.2, 0.25) is 0 Å². The fourth-order valence-corrected chi connectivity index (χ4v) is 4.10. The normalized spacial score (nSPS) is 20.7. The van der Waals surface area contributed by atoms with Gasteiger partial charge in [0, 0.05) is 22.6 Å². The lowest BCUT2D eigenvalue weighted by Gasteiger charge is -2.38. The number of esters is 1. The summed E-state index contributed by atoms with van der Waals surface area (Å²) in [5, 5.41) is 0. The number of hydrogen-bond donors (Lipinski definition) is 1. The highest BCUT2D eigenvalue weighted by Gasteiger charge is 2.60. The summed E-state index contributed by atoms with van der Waals surface area (Å²) in [4.78, 5) is 12.2. The van der Waals surface area contributed by atoms with Crippen molar-refractivity contribution < 1.29 is 9.53 Å². The van der Waals surface area contributed by atoms with E-state index in [9.17, 15) is 4.79 Å². The van der Waals surface area contributed by atoms with Gasteiger partial charge in [0.1, 0.15) is 0 Å². The zero-order chi connectivity index (χ0) is 15.5. The van der Waals surface area contributed by atoms with Crippen LogP contribution in [0, 0.1) is 5.92 Å². The summed E-state index contributed by atoms with van der Waals surface area (Å²) >= 11 is 0. The van der Waals surface area contributed by atoms with Gasteiger partial charge < -0.3 is 10.5 Å². The standard InChI is InChI=1S/C19H19NO2.ClH/c1-18(2,20)16-11-17(21)22-19(16)14-9-5-3-7-12(14)13-8-4-6-10-15(13)19;/h3-10,16H,11,20H2,1-2H3;1H. The first-order valence-corrected chi connectivity index (χ1v) is 7.64. The molecule has 4 heteroatoms. The average Bonchev–Trinajstić information content (AvgIpc) is 2.98. The smallest absolute Gasteiger partial charge is 0.307 e. The first-order valence-electron chi connectivity index (χ1n) is 7.64. The molecule has 0 aromatic heterocycles. The Bertz CT molecular complexity index is 733. The number of hydrogen-bond acceptors (Lipinski definition) is 3. The third-order valence-corrected chi connectivity index (χ3v) is 4.98. The van der Waals surface area contributed by atoms with Crippen molar-refractivity contribution in [3.05, 3.63) is 59.7 Å². The third kappa shape index (κ3) is 2.03. The fraction of sp³-hybridized carbons (Fsp3) is 0.316. The van der Waals surface area contributed by atoms with Crippen LogP contribution in [0.3, 0.4) is 0 Å². The van der Waals surface area contributed by atoms with Crippen molar-refractivity contribution in [2.24, 2.45) is 11.7 Å². The molecule has 120 valence electrons. The van der Waals surface area contributed by atoms with E-state index in [1.54, 1.807) is 0 Å². The molecule has 1 unspecified atom stereocenters. The predicted octanol–water partition coefficient (Wildman–Crippen LogP) is 3.63. The Morgan fingerprint density at radius 1 is 1.04 bits per heavy atom. The SMILES string of the molecule is CC(C)(N)C1CC(=O)OC12c1ccccc1-c1ccccc12.Cl. The van der Waals surface area contributed by atoms with Crippen LogP contribution >= 0.6 is 12.4 Å². The second-order valence-electron chi connectivity index (χ2n) is 6.88. The van der Waals surface area contributed by atoms with E-state index < -0.39 is 11.1 Å². The minimum Gasteiger partial charge on any atom is -0.449 e. The van der Waals surface area contributed by atoms with Crippen molar-refractivity contribution in [3.8, 4) is 11.1 Å². The van der Waals surface area contributed by atoms with Crippen LogP contribution in [0.25, 0.3) is 11.1 Å². The molecule has 3 nitrogen and oxygen atoms in total. The highest BCUT2D eigenvalue weighted by Crippen LogP contribution is 2.58. The Morgan fingerprint density at radius 2 is 1.52 bits per heavy atom. The van der Waals surface area contributed by atoms with E-state index in [-0.39, 0.29) is 24.3 Å². The van der Waals surface area contributed by atoms with Crippen LogP contribution in [0.5, 0.6) is 0 Å². The highest BCUT2D eigenvalue weighted by atomic mass is 35.5. The van der Waals surface area contributed by atoms with Crippen LogP contribution in [-0.4, -0.2) is 11.5 Å². The van der Waals surface area contributed by atoms with Crippen LogP contribution < -0.4 is 5.73 Å². The Hall–Kier alpha value is -1.84. The van der Waals surface area contributed by atoms with Crippen molar-refractivity contribution in [3.63, 3.8) is 0 Å². The van der Waals surface area contributed by atoms with Gasteiger partial charge in [-0.2, -0.15) is 0 Å².